The highest BCUT2D eigenvalue weighted by Crippen LogP contribution is 2.44. The maximum atomic E-state index is 14.0. The Balaban J connectivity index is 1.62. The van der Waals surface area contributed by atoms with E-state index in [1.807, 2.05) is 0 Å². The Morgan fingerprint density at radius 1 is 1.08 bits per heavy atom. The van der Waals surface area contributed by atoms with Gasteiger partial charge in [-0.2, -0.15) is 0 Å². The average Bonchev–Trinajstić information content (AvgIpc) is 3.45. The van der Waals surface area contributed by atoms with Crippen molar-refractivity contribution in [3.8, 4) is 11.5 Å². The molecule has 10 heteroatoms. The van der Waals surface area contributed by atoms with Crippen LogP contribution < -0.4 is 19.8 Å². The smallest absolute Gasteiger partial charge is 0.297 e. The van der Waals surface area contributed by atoms with E-state index in [9.17, 15) is 14.0 Å². The molecule has 0 fully saturated rings. The number of unbranched alkanes of at least 4 members (excludes halogenated alkanes) is 3. The summed E-state index contributed by atoms with van der Waals surface area (Å²) in [6.45, 7) is 4.48. The number of nitrogens with zero attached hydrogens (tertiary/aromatic N) is 3. The third-order valence-electron chi connectivity index (χ3n) is 6.31. The number of methoxy groups -OCH3 is 1. The Labute approximate surface area is 216 Å². The van der Waals surface area contributed by atoms with Crippen LogP contribution in [0.3, 0.4) is 0 Å². The second kappa shape index (κ2) is 10.3. The third-order valence-corrected chi connectivity index (χ3v) is 7.15. The molecular weight excluding hydrogens is 497 g/mol. The van der Waals surface area contributed by atoms with Crippen LogP contribution in [0.5, 0.6) is 11.5 Å². The molecule has 1 amide bonds. The predicted octanol–water partition coefficient (Wildman–Crippen LogP) is 5.81. The van der Waals surface area contributed by atoms with Gasteiger partial charge in [0, 0.05) is 0 Å². The zero-order valence-electron chi connectivity index (χ0n) is 20.7. The van der Waals surface area contributed by atoms with E-state index in [1.54, 1.807) is 25.1 Å². The minimum Gasteiger partial charge on any atom is -0.493 e. The van der Waals surface area contributed by atoms with Crippen LogP contribution >= 0.6 is 11.3 Å². The van der Waals surface area contributed by atoms with E-state index < -0.39 is 23.2 Å². The quantitative estimate of drug-likeness (QED) is 0.256. The fourth-order valence-electron chi connectivity index (χ4n) is 4.53. The molecule has 0 bridgehead atoms. The SMILES string of the molecule is CCCCCCOc1ccc(C2c3c(oc4ccc(F)cc4c3=O)C(=O)N2c2nnc(C)s2)cc1OC. The van der Waals surface area contributed by atoms with Crippen molar-refractivity contribution in [1.29, 1.82) is 0 Å². The van der Waals surface area contributed by atoms with Gasteiger partial charge in [-0.25, -0.2) is 4.39 Å². The first-order valence-corrected chi connectivity index (χ1v) is 12.9. The highest BCUT2D eigenvalue weighted by molar-refractivity contribution is 7.15. The Morgan fingerprint density at radius 2 is 1.92 bits per heavy atom. The fraction of sp³-hybridized carbons (Fsp3) is 0.333. The number of halogens is 1. The molecule has 1 aliphatic rings. The molecule has 0 saturated heterocycles. The molecule has 0 N–H and O–H groups in total. The number of carbonyl (C=O) groups is 1. The topological polar surface area (TPSA) is 94.8 Å². The second-order valence-corrected chi connectivity index (χ2v) is 9.98. The molecule has 0 spiro atoms. The molecule has 0 aliphatic carbocycles. The van der Waals surface area contributed by atoms with E-state index in [0.29, 0.717) is 33.8 Å². The number of aryl methyl sites for hydroxylation is 1. The molecule has 5 rings (SSSR count). The third kappa shape index (κ3) is 4.57. The van der Waals surface area contributed by atoms with E-state index in [4.69, 9.17) is 13.9 Å². The van der Waals surface area contributed by atoms with Crippen molar-refractivity contribution in [3.05, 3.63) is 74.3 Å². The highest BCUT2D eigenvalue weighted by Gasteiger charge is 2.45. The average molecular weight is 524 g/mol. The molecular formula is C27H26FN3O5S. The Kier molecular flexibility index (Phi) is 6.92. The Bertz CT molecular complexity index is 1530. The summed E-state index contributed by atoms with van der Waals surface area (Å²) < 4.78 is 31.4. The number of hydrogen-bond acceptors (Lipinski definition) is 8. The standard InChI is InChI=1S/C27H26FN3O5S/c1-4-5-6-7-12-35-20-10-8-16(13-21(20)34-3)23-22-24(32)18-14-17(28)9-11-19(18)36-25(22)26(33)31(23)27-30-29-15(2)37-27/h8-11,13-14,23H,4-7,12H2,1-3H3. The molecule has 8 nitrogen and oxygen atoms in total. The summed E-state index contributed by atoms with van der Waals surface area (Å²) in [5.74, 6) is -0.150. The summed E-state index contributed by atoms with van der Waals surface area (Å²) in [6, 6.07) is 8.08. The number of benzene rings is 2. The van der Waals surface area contributed by atoms with Crippen LogP contribution in [0.1, 0.15) is 65.3 Å². The lowest BCUT2D eigenvalue weighted by Crippen LogP contribution is -2.29. The van der Waals surface area contributed by atoms with Crippen LogP contribution in [0.4, 0.5) is 9.52 Å². The number of rotatable bonds is 9. The van der Waals surface area contributed by atoms with Crippen molar-refractivity contribution in [2.75, 3.05) is 18.6 Å². The Hall–Kier alpha value is -3.79. The molecule has 1 atom stereocenters. The number of aromatic nitrogens is 2. The number of anilines is 1. The van der Waals surface area contributed by atoms with Crippen LogP contribution in [-0.2, 0) is 0 Å². The summed E-state index contributed by atoms with van der Waals surface area (Å²) in [5, 5.41) is 9.25. The molecule has 0 saturated carbocycles. The van der Waals surface area contributed by atoms with Gasteiger partial charge < -0.3 is 13.9 Å². The molecule has 0 radical (unpaired) electrons. The summed E-state index contributed by atoms with van der Waals surface area (Å²) in [4.78, 5) is 28.6. The normalized spacial score (nSPS) is 14.9. The van der Waals surface area contributed by atoms with Crippen molar-refractivity contribution in [1.82, 2.24) is 10.2 Å². The molecule has 1 unspecified atom stereocenters. The lowest BCUT2D eigenvalue weighted by Gasteiger charge is -2.23. The maximum absolute atomic E-state index is 14.0. The number of carbonyl (C=O) groups excluding carboxylic acids is 1. The fourth-order valence-corrected chi connectivity index (χ4v) is 5.24. The lowest BCUT2D eigenvalue weighted by molar-refractivity contribution is 0.0970. The van der Waals surface area contributed by atoms with Gasteiger partial charge in [-0.05, 0) is 49.2 Å². The van der Waals surface area contributed by atoms with Crippen LogP contribution in [-0.4, -0.2) is 29.8 Å². The molecule has 3 heterocycles. The van der Waals surface area contributed by atoms with Crippen LogP contribution in [0, 0.1) is 12.7 Å². The van der Waals surface area contributed by atoms with Gasteiger partial charge in [0.1, 0.15) is 16.4 Å². The molecule has 2 aromatic carbocycles. The molecule has 1 aliphatic heterocycles. The predicted molar refractivity (Wildman–Crippen MR) is 138 cm³/mol. The summed E-state index contributed by atoms with van der Waals surface area (Å²) in [7, 11) is 1.54. The van der Waals surface area contributed by atoms with Crippen LogP contribution in [0.25, 0.3) is 11.0 Å². The van der Waals surface area contributed by atoms with Gasteiger partial charge in [0.05, 0.1) is 30.7 Å². The molecule has 192 valence electrons. The lowest BCUT2D eigenvalue weighted by atomic mass is 9.98. The van der Waals surface area contributed by atoms with Gasteiger partial charge in [0.25, 0.3) is 5.91 Å². The zero-order chi connectivity index (χ0) is 26.1. The number of ether oxygens (including phenoxy) is 2. The van der Waals surface area contributed by atoms with E-state index in [0.717, 1.165) is 31.7 Å². The van der Waals surface area contributed by atoms with E-state index in [2.05, 4.69) is 17.1 Å². The minimum atomic E-state index is -0.869. The summed E-state index contributed by atoms with van der Waals surface area (Å²) >= 11 is 1.22. The second-order valence-electron chi connectivity index (χ2n) is 8.82. The zero-order valence-corrected chi connectivity index (χ0v) is 21.6. The van der Waals surface area contributed by atoms with Crippen molar-refractivity contribution in [2.45, 2.75) is 45.6 Å². The first-order chi connectivity index (χ1) is 17.9. The van der Waals surface area contributed by atoms with Crippen molar-refractivity contribution < 1.29 is 23.1 Å². The van der Waals surface area contributed by atoms with Gasteiger partial charge in [-0.3, -0.25) is 14.5 Å². The van der Waals surface area contributed by atoms with Gasteiger partial charge in [0.2, 0.25) is 10.9 Å². The molecule has 4 aromatic rings. The molecule has 37 heavy (non-hydrogen) atoms. The van der Waals surface area contributed by atoms with Gasteiger partial charge >= 0.3 is 0 Å². The van der Waals surface area contributed by atoms with Crippen LogP contribution in [0.15, 0.2) is 45.6 Å². The first-order valence-electron chi connectivity index (χ1n) is 12.1. The Morgan fingerprint density at radius 3 is 2.65 bits per heavy atom. The minimum absolute atomic E-state index is 0.0610. The number of amides is 1. The van der Waals surface area contributed by atoms with Crippen molar-refractivity contribution >= 4 is 33.3 Å². The van der Waals surface area contributed by atoms with E-state index in [1.165, 1.54) is 35.5 Å². The monoisotopic (exact) mass is 523 g/mol. The highest BCUT2D eigenvalue weighted by atomic mass is 32.1. The van der Waals surface area contributed by atoms with Crippen LogP contribution in [0.2, 0.25) is 0 Å². The summed E-state index contributed by atoms with van der Waals surface area (Å²) in [5.41, 5.74) is 0.370. The van der Waals surface area contributed by atoms with Crippen molar-refractivity contribution in [2.24, 2.45) is 0 Å². The number of fused-ring (bicyclic) bond motifs is 2. The summed E-state index contributed by atoms with van der Waals surface area (Å²) in [6.07, 6.45) is 4.30. The first kappa shape index (κ1) is 24.9. The maximum Gasteiger partial charge on any atom is 0.297 e. The van der Waals surface area contributed by atoms with Gasteiger partial charge in [-0.1, -0.05) is 43.6 Å². The van der Waals surface area contributed by atoms with Gasteiger partial charge in [-0.15, -0.1) is 10.2 Å². The number of hydrogen-bond donors (Lipinski definition) is 0. The van der Waals surface area contributed by atoms with Crippen molar-refractivity contribution in [3.63, 3.8) is 0 Å². The van der Waals surface area contributed by atoms with Gasteiger partial charge in [0.15, 0.2) is 16.9 Å². The largest absolute Gasteiger partial charge is 0.493 e. The van der Waals surface area contributed by atoms with E-state index in [-0.39, 0.29) is 22.3 Å². The molecule has 2 aromatic heterocycles. The van der Waals surface area contributed by atoms with E-state index >= 15 is 0 Å².